The Balaban J connectivity index is 1.52. The largest absolute Gasteiger partial charge is 0.311 e. The molecule has 2 saturated carbocycles. The molecule has 116 valence electrons. The summed E-state index contributed by atoms with van der Waals surface area (Å²) in [6.07, 6.45) is 6.67. The van der Waals surface area contributed by atoms with E-state index in [-0.39, 0.29) is 0 Å². The highest BCUT2D eigenvalue weighted by molar-refractivity contribution is 5.22. The Morgan fingerprint density at radius 3 is 2.00 bits per heavy atom. The van der Waals surface area contributed by atoms with E-state index in [9.17, 15) is 0 Å². The minimum atomic E-state index is 0.488. The van der Waals surface area contributed by atoms with Crippen LogP contribution in [0.5, 0.6) is 0 Å². The van der Waals surface area contributed by atoms with Gasteiger partial charge in [0.25, 0.3) is 0 Å². The molecule has 2 aliphatic carbocycles. The lowest BCUT2D eigenvalue weighted by molar-refractivity contribution is 0.0724. The van der Waals surface area contributed by atoms with Crippen molar-refractivity contribution in [3.63, 3.8) is 0 Å². The Morgan fingerprint density at radius 2 is 1.43 bits per heavy atom. The zero-order chi connectivity index (χ0) is 15.1. The molecule has 0 heterocycles. The van der Waals surface area contributed by atoms with Crippen molar-refractivity contribution in [2.45, 2.75) is 77.8 Å². The van der Waals surface area contributed by atoms with Crippen LogP contribution in [0, 0.1) is 10.8 Å². The maximum atomic E-state index is 3.97. The van der Waals surface area contributed by atoms with E-state index in [4.69, 9.17) is 0 Å². The first-order valence-electron chi connectivity index (χ1n) is 8.64. The highest BCUT2D eigenvalue weighted by Crippen LogP contribution is 2.46. The third-order valence-corrected chi connectivity index (χ3v) is 5.44. The van der Waals surface area contributed by atoms with Gasteiger partial charge in [0, 0.05) is 12.1 Å². The average Bonchev–Trinajstić information content (AvgIpc) is 2.30. The predicted octanol–water partition coefficient (Wildman–Crippen LogP) is 5.13. The fourth-order valence-corrected chi connectivity index (χ4v) is 5.05. The van der Waals surface area contributed by atoms with Crippen LogP contribution < -0.4 is 5.32 Å². The van der Waals surface area contributed by atoms with Gasteiger partial charge in [-0.25, -0.2) is 0 Å². The molecule has 0 bridgehead atoms. The predicted molar refractivity (Wildman–Crippen MR) is 90.5 cm³/mol. The van der Waals surface area contributed by atoms with Crippen molar-refractivity contribution < 1.29 is 0 Å². The highest BCUT2D eigenvalue weighted by Gasteiger charge is 2.40. The molecule has 1 aromatic rings. The van der Waals surface area contributed by atoms with E-state index in [1.807, 2.05) is 0 Å². The van der Waals surface area contributed by atoms with Crippen molar-refractivity contribution >= 4 is 0 Å². The summed E-state index contributed by atoms with van der Waals surface area (Å²) >= 11 is 0. The van der Waals surface area contributed by atoms with E-state index in [0.717, 1.165) is 12.0 Å². The molecule has 1 N–H and O–H groups in total. The Morgan fingerprint density at radius 1 is 0.857 bits per heavy atom. The minimum absolute atomic E-state index is 0.488. The first-order valence-corrected chi connectivity index (χ1v) is 8.64. The molecule has 1 heteroatoms. The van der Waals surface area contributed by atoms with E-state index in [1.54, 1.807) is 0 Å². The van der Waals surface area contributed by atoms with E-state index < -0.39 is 0 Å². The number of rotatable bonds is 3. The van der Waals surface area contributed by atoms with Crippen LogP contribution >= 0.6 is 0 Å². The summed E-state index contributed by atoms with van der Waals surface area (Å²) < 4.78 is 0. The summed E-state index contributed by atoms with van der Waals surface area (Å²) in [5, 5.41) is 3.97. The summed E-state index contributed by atoms with van der Waals surface area (Å²) in [5.41, 5.74) is 2.50. The quantitative estimate of drug-likeness (QED) is 0.812. The summed E-state index contributed by atoms with van der Waals surface area (Å²) in [6.45, 7) is 9.76. The van der Waals surface area contributed by atoms with Crippen LogP contribution in [-0.2, 0) is 0 Å². The molecule has 21 heavy (non-hydrogen) atoms. The van der Waals surface area contributed by atoms with Crippen molar-refractivity contribution in [1.82, 2.24) is 5.32 Å². The van der Waals surface area contributed by atoms with Gasteiger partial charge < -0.3 is 5.32 Å². The average molecular weight is 285 g/mol. The molecule has 0 unspecified atom stereocenters. The number of hydrogen-bond acceptors (Lipinski definition) is 1. The van der Waals surface area contributed by atoms with E-state index >= 15 is 0 Å². The second-order valence-electron chi connectivity index (χ2n) is 9.05. The van der Waals surface area contributed by atoms with Gasteiger partial charge in [0.15, 0.2) is 0 Å². The minimum Gasteiger partial charge on any atom is -0.311 e. The topological polar surface area (TPSA) is 12.0 Å². The van der Waals surface area contributed by atoms with Crippen LogP contribution in [-0.4, -0.2) is 12.1 Å². The molecule has 3 rings (SSSR count). The van der Waals surface area contributed by atoms with Crippen molar-refractivity contribution in [2.24, 2.45) is 10.8 Å². The summed E-state index contributed by atoms with van der Waals surface area (Å²) in [6, 6.07) is 12.5. The van der Waals surface area contributed by atoms with Gasteiger partial charge in [-0.15, -0.1) is 0 Å². The third-order valence-electron chi connectivity index (χ3n) is 5.44. The Bertz CT molecular complexity index is 452. The molecule has 1 nitrogen and oxygen atoms in total. The Kier molecular flexibility index (Phi) is 3.90. The van der Waals surface area contributed by atoms with Crippen LogP contribution in [0.2, 0.25) is 0 Å². The van der Waals surface area contributed by atoms with E-state index in [1.165, 1.54) is 37.7 Å². The first kappa shape index (κ1) is 15.1. The number of benzene rings is 1. The molecule has 2 fully saturated rings. The normalized spacial score (nSPS) is 31.6. The van der Waals surface area contributed by atoms with Gasteiger partial charge in [-0.1, -0.05) is 58.0 Å². The van der Waals surface area contributed by atoms with Gasteiger partial charge in [0.2, 0.25) is 0 Å². The lowest BCUT2D eigenvalue weighted by atomic mass is 9.63. The maximum absolute atomic E-state index is 3.97. The van der Waals surface area contributed by atoms with Gasteiger partial charge >= 0.3 is 0 Å². The zero-order valence-electron chi connectivity index (χ0n) is 14.2. The van der Waals surface area contributed by atoms with Crippen molar-refractivity contribution in [3.05, 3.63) is 35.9 Å². The van der Waals surface area contributed by atoms with Crippen LogP contribution in [0.3, 0.4) is 0 Å². The van der Waals surface area contributed by atoms with Crippen LogP contribution in [0.15, 0.2) is 30.3 Å². The second kappa shape index (κ2) is 5.43. The van der Waals surface area contributed by atoms with E-state index in [2.05, 4.69) is 63.3 Å². The zero-order valence-corrected chi connectivity index (χ0v) is 14.2. The van der Waals surface area contributed by atoms with Gasteiger partial charge in [0.05, 0.1) is 0 Å². The molecule has 0 aromatic heterocycles. The Labute approximate surface area is 130 Å². The second-order valence-corrected chi connectivity index (χ2v) is 9.05. The lowest BCUT2D eigenvalue weighted by Crippen LogP contribution is -2.51. The first-order chi connectivity index (χ1) is 9.83. The molecule has 0 amide bonds. The fraction of sp³-hybridized carbons (Fsp3) is 0.700. The maximum Gasteiger partial charge on any atom is 0.00813 e. The van der Waals surface area contributed by atoms with Crippen molar-refractivity contribution in [1.29, 1.82) is 0 Å². The smallest absolute Gasteiger partial charge is 0.00813 e. The molecule has 0 atom stereocenters. The van der Waals surface area contributed by atoms with Gasteiger partial charge in [0.1, 0.15) is 0 Å². The third kappa shape index (κ3) is 3.69. The fourth-order valence-electron chi connectivity index (χ4n) is 5.05. The van der Waals surface area contributed by atoms with Crippen molar-refractivity contribution in [3.8, 4) is 0 Å². The van der Waals surface area contributed by atoms with E-state index in [0.29, 0.717) is 16.9 Å². The van der Waals surface area contributed by atoms with Crippen molar-refractivity contribution in [2.75, 3.05) is 0 Å². The molecule has 0 spiro atoms. The van der Waals surface area contributed by atoms with Gasteiger partial charge in [-0.05, 0) is 54.4 Å². The molecule has 0 aliphatic heterocycles. The highest BCUT2D eigenvalue weighted by atomic mass is 15.0. The summed E-state index contributed by atoms with van der Waals surface area (Å²) in [4.78, 5) is 0. The summed E-state index contributed by atoms with van der Waals surface area (Å²) in [7, 11) is 0. The SMILES string of the molecule is CC1(C)CC(NC2CC(c3ccccc3)C2)CC(C)(C)C1. The molecule has 1 aromatic carbocycles. The molecular weight excluding hydrogens is 254 g/mol. The standard InChI is InChI=1S/C20H31N/c1-19(2)12-18(13-20(3,4)14-19)21-17-10-16(11-17)15-8-6-5-7-9-15/h5-9,16-18,21H,10-14H2,1-4H3. The molecule has 0 radical (unpaired) electrons. The molecular formula is C20H31N. The van der Waals surface area contributed by atoms with Gasteiger partial charge in [-0.2, -0.15) is 0 Å². The molecule has 0 saturated heterocycles. The lowest BCUT2D eigenvalue weighted by Gasteiger charge is -2.48. The van der Waals surface area contributed by atoms with Crippen LogP contribution in [0.25, 0.3) is 0 Å². The van der Waals surface area contributed by atoms with Crippen LogP contribution in [0.4, 0.5) is 0 Å². The number of nitrogens with one attached hydrogen (secondary N) is 1. The molecule has 2 aliphatic rings. The number of hydrogen-bond donors (Lipinski definition) is 1. The summed E-state index contributed by atoms with van der Waals surface area (Å²) in [5.74, 6) is 0.785. The Hall–Kier alpha value is -0.820. The van der Waals surface area contributed by atoms with Crippen LogP contribution in [0.1, 0.15) is 71.3 Å². The van der Waals surface area contributed by atoms with Gasteiger partial charge in [-0.3, -0.25) is 0 Å². The monoisotopic (exact) mass is 285 g/mol.